The number of hydrogen-bond donors (Lipinski definition) is 0. The molecule has 1 amide bonds. The topological polar surface area (TPSA) is 70.8 Å². The van der Waals surface area contributed by atoms with E-state index in [4.69, 9.17) is 4.42 Å². The fourth-order valence-corrected chi connectivity index (χ4v) is 7.01. The van der Waals surface area contributed by atoms with Crippen molar-refractivity contribution in [2.24, 2.45) is 0 Å². The van der Waals surface area contributed by atoms with Crippen molar-refractivity contribution < 1.29 is 17.6 Å². The highest BCUT2D eigenvalue weighted by Gasteiger charge is 2.33. The molecule has 0 radical (unpaired) electrons. The molecule has 1 fully saturated rings. The molecule has 0 atom stereocenters. The minimum Gasteiger partial charge on any atom is -0.450 e. The van der Waals surface area contributed by atoms with E-state index in [0.29, 0.717) is 23.1 Å². The lowest BCUT2D eigenvalue weighted by Crippen LogP contribution is -2.50. The Morgan fingerprint density at radius 3 is 2.43 bits per heavy atom. The predicted octanol–water partition coefficient (Wildman–Crippen LogP) is 4.02. The number of fused-ring (bicyclic) bond motifs is 1. The van der Waals surface area contributed by atoms with Gasteiger partial charge in [-0.3, -0.25) is 4.79 Å². The zero-order chi connectivity index (χ0) is 20.1. The van der Waals surface area contributed by atoms with E-state index in [9.17, 15) is 13.2 Å². The van der Waals surface area contributed by atoms with Crippen molar-refractivity contribution in [2.75, 3.05) is 26.2 Å². The molecule has 6 nitrogen and oxygen atoms in total. The lowest BCUT2D eigenvalue weighted by molar-refractivity contribution is 0.0667. The summed E-state index contributed by atoms with van der Waals surface area (Å²) in [5, 5.41) is 0.938. The summed E-state index contributed by atoms with van der Waals surface area (Å²) in [5.74, 6) is 0.145. The molecular weight excluding hydrogens is 464 g/mol. The molecule has 4 rings (SSSR count). The maximum atomic E-state index is 13.0. The summed E-state index contributed by atoms with van der Waals surface area (Å²) in [6.07, 6.45) is 0. The van der Waals surface area contributed by atoms with E-state index in [1.807, 2.05) is 32.0 Å². The van der Waals surface area contributed by atoms with Gasteiger partial charge in [-0.25, -0.2) is 8.42 Å². The van der Waals surface area contributed by atoms with Crippen LogP contribution < -0.4 is 0 Å². The molecule has 1 aromatic carbocycles. The number of carbonyl (C=O) groups excluding carboxylic acids is 1. The maximum Gasteiger partial charge on any atom is 0.289 e. The molecule has 0 spiro atoms. The van der Waals surface area contributed by atoms with Crippen molar-refractivity contribution in [1.82, 2.24) is 9.21 Å². The summed E-state index contributed by atoms with van der Waals surface area (Å²) in [4.78, 5) is 14.7. The fraction of sp³-hybridized carbons (Fsp3) is 0.316. The van der Waals surface area contributed by atoms with E-state index < -0.39 is 10.0 Å². The smallest absolute Gasteiger partial charge is 0.289 e. The first-order valence-corrected chi connectivity index (χ1v) is 11.9. The zero-order valence-corrected chi connectivity index (χ0v) is 18.7. The van der Waals surface area contributed by atoms with Gasteiger partial charge >= 0.3 is 0 Å². The van der Waals surface area contributed by atoms with Crippen LogP contribution in [0, 0.1) is 13.8 Å². The van der Waals surface area contributed by atoms with Crippen LogP contribution >= 0.6 is 27.3 Å². The third-order valence-electron chi connectivity index (χ3n) is 5.02. The standard InChI is InChI=1S/C19H19BrN2O4S2/c1-12-4-3-5-14-13(2)18(26-17(12)14)19(23)21-8-10-22(11-9-21)28(24,25)16-7-6-15(20)27-16/h3-7H,8-11H2,1-2H3. The number of benzene rings is 1. The molecule has 3 aromatic rings. The van der Waals surface area contributed by atoms with Gasteiger partial charge in [0.25, 0.3) is 15.9 Å². The minimum atomic E-state index is -3.53. The molecule has 148 valence electrons. The Hall–Kier alpha value is -1.68. The molecule has 3 heterocycles. The molecule has 28 heavy (non-hydrogen) atoms. The van der Waals surface area contributed by atoms with E-state index in [2.05, 4.69) is 15.9 Å². The molecule has 2 aromatic heterocycles. The van der Waals surface area contributed by atoms with Crippen LogP contribution in [0.5, 0.6) is 0 Å². The molecule has 0 unspecified atom stereocenters. The first-order chi connectivity index (χ1) is 13.3. The normalized spacial score (nSPS) is 16.0. The molecular formula is C19H19BrN2O4S2. The number of para-hydroxylation sites is 1. The second kappa shape index (κ2) is 7.29. The lowest BCUT2D eigenvalue weighted by Gasteiger charge is -2.33. The Labute approximate surface area is 175 Å². The summed E-state index contributed by atoms with van der Waals surface area (Å²) in [5.41, 5.74) is 2.53. The van der Waals surface area contributed by atoms with E-state index in [-0.39, 0.29) is 19.0 Å². The lowest BCUT2D eigenvalue weighted by atomic mass is 10.1. The highest BCUT2D eigenvalue weighted by atomic mass is 79.9. The van der Waals surface area contributed by atoms with Crippen LogP contribution in [-0.4, -0.2) is 49.7 Å². The zero-order valence-electron chi connectivity index (χ0n) is 15.4. The highest BCUT2D eigenvalue weighted by Crippen LogP contribution is 2.30. The number of thiophene rings is 1. The number of piperazine rings is 1. The Balaban J connectivity index is 1.52. The van der Waals surface area contributed by atoms with Crippen molar-refractivity contribution in [3.05, 3.63) is 51.0 Å². The minimum absolute atomic E-state index is 0.191. The first kappa shape index (κ1) is 19.6. The number of aryl methyl sites for hydroxylation is 2. The average Bonchev–Trinajstić information content (AvgIpc) is 3.27. The number of carbonyl (C=O) groups is 1. The molecule has 0 aliphatic carbocycles. The maximum absolute atomic E-state index is 13.0. The van der Waals surface area contributed by atoms with E-state index >= 15 is 0 Å². The van der Waals surface area contributed by atoms with Gasteiger partial charge in [-0.2, -0.15) is 4.31 Å². The van der Waals surface area contributed by atoms with Gasteiger partial charge in [0.05, 0.1) is 3.79 Å². The number of furan rings is 1. The van der Waals surface area contributed by atoms with Crippen LogP contribution in [0.15, 0.2) is 42.7 Å². The molecule has 9 heteroatoms. The summed E-state index contributed by atoms with van der Waals surface area (Å²) < 4.78 is 33.9. The van der Waals surface area contributed by atoms with Gasteiger partial charge in [0.1, 0.15) is 9.79 Å². The van der Waals surface area contributed by atoms with Crippen molar-refractivity contribution in [2.45, 2.75) is 18.1 Å². The van der Waals surface area contributed by atoms with Gasteiger partial charge in [-0.1, -0.05) is 18.2 Å². The van der Waals surface area contributed by atoms with Crippen LogP contribution in [0.2, 0.25) is 0 Å². The second-order valence-electron chi connectivity index (χ2n) is 6.76. The van der Waals surface area contributed by atoms with Gasteiger partial charge in [-0.15, -0.1) is 11.3 Å². The molecule has 0 bridgehead atoms. The number of sulfonamides is 1. The SMILES string of the molecule is Cc1c(C(=O)N2CCN(S(=O)(=O)c3ccc(Br)s3)CC2)oc2c(C)cccc12. The number of halogens is 1. The monoisotopic (exact) mass is 482 g/mol. The van der Waals surface area contributed by atoms with E-state index in [0.717, 1.165) is 25.9 Å². The highest BCUT2D eigenvalue weighted by molar-refractivity contribution is 9.11. The van der Waals surface area contributed by atoms with E-state index in [1.165, 1.54) is 15.6 Å². The van der Waals surface area contributed by atoms with Crippen molar-refractivity contribution in [3.63, 3.8) is 0 Å². The van der Waals surface area contributed by atoms with Crippen molar-refractivity contribution in [3.8, 4) is 0 Å². The van der Waals surface area contributed by atoms with Gasteiger partial charge in [0.15, 0.2) is 5.76 Å². The summed E-state index contributed by atoms with van der Waals surface area (Å²) in [6.45, 7) is 5.03. The Bertz CT molecular complexity index is 1160. The van der Waals surface area contributed by atoms with Gasteiger partial charge in [0.2, 0.25) is 0 Å². The molecule has 1 aliphatic rings. The van der Waals surface area contributed by atoms with Crippen LogP contribution in [0.1, 0.15) is 21.7 Å². The van der Waals surface area contributed by atoms with Crippen LogP contribution in [-0.2, 0) is 10.0 Å². The molecule has 0 N–H and O–H groups in total. The number of amides is 1. The number of nitrogens with zero attached hydrogens (tertiary/aromatic N) is 2. The quantitative estimate of drug-likeness (QED) is 0.564. The molecule has 1 aliphatic heterocycles. The second-order valence-corrected chi connectivity index (χ2v) is 11.4. The number of hydrogen-bond acceptors (Lipinski definition) is 5. The predicted molar refractivity (Wildman–Crippen MR) is 112 cm³/mol. The van der Waals surface area contributed by atoms with Crippen LogP contribution in [0.4, 0.5) is 0 Å². The van der Waals surface area contributed by atoms with Crippen molar-refractivity contribution >= 4 is 54.2 Å². The summed E-state index contributed by atoms with van der Waals surface area (Å²) in [6, 6.07) is 9.17. The fourth-order valence-electron chi connectivity index (χ4n) is 3.43. The van der Waals surface area contributed by atoms with Gasteiger partial charge < -0.3 is 9.32 Å². The summed E-state index contributed by atoms with van der Waals surface area (Å²) >= 11 is 4.49. The van der Waals surface area contributed by atoms with Crippen LogP contribution in [0.3, 0.4) is 0 Å². The first-order valence-electron chi connectivity index (χ1n) is 8.82. The van der Waals surface area contributed by atoms with E-state index in [1.54, 1.807) is 17.0 Å². The largest absolute Gasteiger partial charge is 0.450 e. The molecule has 0 saturated carbocycles. The summed E-state index contributed by atoms with van der Waals surface area (Å²) in [7, 11) is -3.53. The van der Waals surface area contributed by atoms with Crippen molar-refractivity contribution in [1.29, 1.82) is 0 Å². The number of rotatable bonds is 3. The average molecular weight is 483 g/mol. The van der Waals surface area contributed by atoms with Gasteiger partial charge in [-0.05, 0) is 47.5 Å². The molecule has 1 saturated heterocycles. The third kappa shape index (κ3) is 3.30. The third-order valence-corrected chi connectivity index (χ3v) is 9.01. The van der Waals surface area contributed by atoms with Gasteiger partial charge in [0, 0.05) is 37.1 Å². The Morgan fingerprint density at radius 1 is 1.11 bits per heavy atom. The Kier molecular flexibility index (Phi) is 5.11. The van der Waals surface area contributed by atoms with Crippen LogP contribution in [0.25, 0.3) is 11.0 Å². The Morgan fingerprint density at radius 2 is 1.82 bits per heavy atom.